The first-order chi connectivity index (χ1) is 18.8. The second-order valence-corrected chi connectivity index (χ2v) is 11.2. The first kappa shape index (κ1) is 26.8. The lowest BCUT2D eigenvalue weighted by molar-refractivity contribution is 0.413. The first-order valence-electron chi connectivity index (χ1n) is 13.2. The smallest absolute Gasteiger partial charge is 0.228 e. The Bertz CT molecular complexity index is 1600. The Morgan fingerprint density at radius 1 is 1.03 bits per heavy atom. The number of thiophene rings is 1. The molecule has 5 aromatic rings. The fourth-order valence-electron chi connectivity index (χ4n) is 4.87. The Kier molecular flexibility index (Phi) is 7.63. The molecule has 3 heterocycles. The van der Waals surface area contributed by atoms with Gasteiger partial charge < -0.3 is 29.7 Å². The molecule has 3 aromatic heterocycles. The van der Waals surface area contributed by atoms with Gasteiger partial charge in [-0.05, 0) is 51.5 Å². The van der Waals surface area contributed by atoms with Gasteiger partial charge in [-0.15, -0.1) is 11.3 Å². The Labute approximate surface area is 234 Å². The van der Waals surface area contributed by atoms with E-state index in [2.05, 4.69) is 114 Å². The minimum atomic E-state index is 0.334. The van der Waals surface area contributed by atoms with Crippen LogP contribution < -0.4 is 20.3 Å². The number of nitrogens with zero attached hydrogens (tertiary/aromatic N) is 5. The van der Waals surface area contributed by atoms with Gasteiger partial charge in [-0.25, -0.2) is 9.97 Å². The third-order valence-electron chi connectivity index (χ3n) is 6.98. The van der Waals surface area contributed by atoms with Crippen molar-refractivity contribution in [3.63, 3.8) is 0 Å². The Morgan fingerprint density at radius 2 is 1.82 bits per heavy atom. The number of hydrogen-bond acceptors (Lipinski definition) is 8. The van der Waals surface area contributed by atoms with Crippen LogP contribution in [0.25, 0.3) is 32.4 Å². The predicted molar refractivity (Wildman–Crippen MR) is 166 cm³/mol. The van der Waals surface area contributed by atoms with Crippen LogP contribution in [0.3, 0.4) is 0 Å². The molecule has 5 rings (SSSR count). The molecule has 9 heteroatoms. The van der Waals surface area contributed by atoms with Gasteiger partial charge in [0.2, 0.25) is 5.95 Å². The van der Waals surface area contributed by atoms with Crippen molar-refractivity contribution in [2.45, 2.75) is 19.9 Å². The zero-order chi connectivity index (χ0) is 27.7. The van der Waals surface area contributed by atoms with Crippen molar-refractivity contribution in [1.29, 1.82) is 0 Å². The minimum Gasteiger partial charge on any atom is -0.494 e. The van der Waals surface area contributed by atoms with Crippen molar-refractivity contribution in [2.75, 3.05) is 63.9 Å². The van der Waals surface area contributed by atoms with Crippen molar-refractivity contribution in [3.8, 4) is 17.0 Å². The van der Waals surface area contributed by atoms with Gasteiger partial charge in [0.25, 0.3) is 0 Å². The number of fused-ring (bicyclic) bond motifs is 2. The third-order valence-corrected chi connectivity index (χ3v) is 7.89. The van der Waals surface area contributed by atoms with Gasteiger partial charge >= 0.3 is 0 Å². The van der Waals surface area contributed by atoms with E-state index in [0.29, 0.717) is 12.0 Å². The molecule has 39 heavy (non-hydrogen) atoms. The van der Waals surface area contributed by atoms with Gasteiger partial charge in [0, 0.05) is 62.0 Å². The van der Waals surface area contributed by atoms with Crippen LogP contribution in [0.4, 0.5) is 23.0 Å². The standard InChI is InChI=1S/C30H37N7OS/c1-19(2)37-18-21(20-10-8-9-11-25(20)37)28-29-22(12-15-39-29)32-30(34-28)33-24-16-23(31-3)26(17-27(24)38-7)36(6)14-13-35(4)5/h8-12,15-19,31H,13-14H2,1-7H3,(H,32,33,34). The number of likely N-dealkylation sites (N-methyl/N-ethyl adjacent to an activating group) is 2. The highest BCUT2D eigenvalue weighted by atomic mass is 32.1. The summed E-state index contributed by atoms with van der Waals surface area (Å²) in [4.78, 5) is 14.4. The number of para-hydroxylation sites is 1. The van der Waals surface area contributed by atoms with Gasteiger partial charge in [0.15, 0.2) is 0 Å². The average Bonchev–Trinajstić information content (AvgIpc) is 3.56. The molecule has 0 aliphatic carbocycles. The normalized spacial score (nSPS) is 11.6. The summed E-state index contributed by atoms with van der Waals surface area (Å²) >= 11 is 1.67. The van der Waals surface area contributed by atoms with Gasteiger partial charge in [-0.1, -0.05) is 18.2 Å². The first-order valence-corrected chi connectivity index (χ1v) is 14.1. The maximum Gasteiger partial charge on any atom is 0.228 e. The molecule has 0 bridgehead atoms. The Morgan fingerprint density at radius 3 is 2.54 bits per heavy atom. The van der Waals surface area contributed by atoms with Gasteiger partial charge in [0.1, 0.15) is 5.75 Å². The molecular weight excluding hydrogens is 506 g/mol. The summed E-state index contributed by atoms with van der Waals surface area (Å²) in [6.07, 6.45) is 2.22. The van der Waals surface area contributed by atoms with Crippen molar-refractivity contribution in [1.82, 2.24) is 19.4 Å². The third kappa shape index (κ3) is 5.24. The highest BCUT2D eigenvalue weighted by Crippen LogP contribution is 2.40. The van der Waals surface area contributed by atoms with E-state index in [1.807, 2.05) is 7.05 Å². The minimum absolute atomic E-state index is 0.334. The van der Waals surface area contributed by atoms with Crippen LogP contribution in [0, 0.1) is 0 Å². The molecule has 0 radical (unpaired) electrons. The molecule has 0 spiro atoms. The van der Waals surface area contributed by atoms with E-state index in [4.69, 9.17) is 14.7 Å². The summed E-state index contributed by atoms with van der Waals surface area (Å²) in [5, 5.41) is 10.1. The maximum atomic E-state index is 5.82. The highest BCUT2D eigenvalue weighted by Gasteiger charge is 2.19. The molecule has 2 N–H and O–H groups in total. The fraction of sp³-hybridized carbons (Fsp3) is 0.333. The lowest BCUT2D eigenvalue weighted by atomic mass is 10.1. The van der Waals surface area contributed by atoms with Crippen LogP contribution in [-0.4, -0.2) is 67.8 Å². The Hall–Kier alpha value is -3.82. The zero-order valence-electron chi connectivity index (χ0n) is 23.7. The SMILES string of the molecule is CNc1cc(Nc2nc(-c3cn(C(C)C)c4ccccc34)c3sccc3n2)c(OC)cc1N(C)CCN(C)C. The molecular formula is C30H37N7OS. The van der Waals surface area contributed by atoms with Crippen LogP contribution in [0.1, 0.15) is 19.9 Å². The topological polar surface area (TPSA) is 70.5 Å². The molecule has 2 aromatic carbocycles. The lowest BCUT2D eigenvalue weighted by Crippen LogP contribution is -2.29. The maximum absolute atomic E-state index is 5.82. The average molecular weight is 544 g/mol. The van der Waals surface area contributed by atoms with Gasteiger partial charge in [-0.2, -0.15) is 0 Å². The Balaban J connectivity index is 1.58. The number of benzene rings is 2. The number of anilines is 4. The summed E-state index contributed by atoms with van der Waals surface area (Å²) in [5.41, 5.74) is 7.03. The second-order valence-electron chi connectivity index (χ2n) is 10.3. The quantitative estimate of drug-likeness (QED) is 0.203. The van der Waals surface area contributed by atoms with Gasteiger partial charge in [0.05, 0.1) is 40.1 Å². The molecule has 0 saturated carbocycles. The molecule has 0 saturated heterocycles. The second kappa shape index (κ2) is 11.1. The van der Waals surface area contributed by atoms with Crippen LogP contribution in [0.15, 0.2) is 54.0 Å². The zero-order valence-corrected chi connectivity index (χ0v) is 24.6. The largest absolute Gasteiger partial charge is 0.494 e. The predicted octanol–water partition coefficient (Wildman–Crippen LogP) is 6.69. The summed E-state index contributed by atoms with van der Waals surface area (Å²) < 4.78 is 9.21. The van der Waals surface area contributed by atoms with Crippen LogP contribution in [-0.2, 0) is 0 Å². The summed E-state index contributed by atoms with van der Waals surface area (Å²) in [6.45, 7) is 6.25. The van der Waals surface area contributed by atoms with E-state index in [0.717, 1.165) is 57.4 Å². The van der Waals surface area contributed by atoms with E-state index in [1.54, 1.807) is 18.4 Å². The van der Waals surface area contributed by atoms with Crippen LogP contribution >= 0.6 is 11.3 Å². The number of methoxy groups -OCH3 is 1. The van der Waals surface area contributed by atoms with E-state index < -0.39 is 0 Å². The number of hydrogen-bond donors (Lipinski definition) is 2. The molecule has 0 unspecified atom stereocenters. The van der Waals surface area contributed by atoms with E-state index in [9.17, 15) is 0 Å². The molecule has 0 aliphatic heterocycles. The van der Waals surface area contributed by atoms with Crippen molar-refractivity contribution in [3.05, 3.63) is 54.0 Å². The van der Waals surface area contributed by atoms with Crippen LogP contribution in [0.2, 0.25) is 0 Å². The summed E-state index contributed by atoms with van der Waals surface area (Å²) in [5.74, 6) is 1.26. The van der Waals surface area contributed by atoms with Gasteiger partial charge in [-0.3, -0.25) is 0 Å². The van der Waals surface area contributed by atoms with Crippen molar-refractivity contribution >= 4 is 55.5 Å². The fourth-order valence-corrected chi connectivity index (χ4v) is 5.70. The number of rotatable bonds is 10. The van der Waals surface area contributed by atoms with E-state index in [1.165, 1.54) is 10.9 Å². The van der Waals surface area contributed by atoms with Crippen molar-refractivity contribution < 1.29 is 4.74 Å². The number of nitrogens with one attached hydrogen (secondary N) is 2. The number of aromatic nitrogens is 3. The van der Waals surface area contributed by atoms with E-state index >= 15 is 0 Å². The monoisotopic (exact) mass is 543 g/mol. The van der Waals surface area contributed by atoms with E-state index in [-0.39, 0.29) is 0 Å². The number of ether oxygens (including phenoxy) is 1. The van der Waals surface area contributed by atoms with Crippen molar-refractivity contribution in [2.24, 2.45) is 0 Å². The molecule has 0 amide bonds. The summed E-state index contributed by atoms with van der Waals surface area (Å²) in [7, 11) is 9.89. The lowest BCUT2D eigenvalue weighted by Gasteiger charge is -2.25. The molecule has 0 aliphatic rings. The molecule has 0 fully saturated rings. The molecule has 204 valence electrons. The summed E-state index contributed by atoms with van der Waals surface area (Å²) in [6, 6.07) is 15.0. The molecule has 0 atom stereocenters. The highest BCUT2D eigenvalue weighted by molar-refractivity contribution is 7.17. The van der Waals surface area contributed by atoms with Crippen LogP contribution in [0.5, 0.6) is 5.75 Å². The molecule has 8 nitrogen and oxygen atoms in total.